The lowest BCUT2D eigenvalue weighted by Gasteiger charge is -2.23. The number of anilines is 2. The molecule has 0 aliphatic heterocycles. The van der Waals surface area contributed by atoms with Crippen LogP contribution in [-0.2, 0) is 38.9 Å². The monoisotopic (exact) mass is 690 g/mol. The zero-order chi connectivity index (χ0) is 35.2. The Morgan fingerprint density at radius 2 is 1.90 bits per heavy atom. The number of carboxylic acids is 1. The Kier molecular flexibility index (Phi) is 11.7. The molecule has 2 unspecified atom stereocenters. The van der Waals surface area contributed by atoms with E-state index >= 15 is 0 Å². The number of rotatable bonds is 11. The summed E-state index contributed by atoms with van der Waals surface area (Å²) in [5, 5.41) is 16.3. The number of aromatic nitrogens is 3. The summed E-state index contributed by atoms with van der Waals surface area (Å²) in [7, 11) is 2.02. The lowest BCUT2D eigenvalue weighted by molar-refractivity contribution is -0.192. The fourth-order valence-corrected chi connectivity index (χ4v) is 6.74. The smallest absolute Gasteiger partial charge is 0.475 e. The van der Waals surface area contributed by atoms with Gasteiger partial charge in [0.25, 0.3) is 0 Å². The van der Waals surface area contributed by atoms with Crippen LogP contribution in [0.2, 0.25) is 0 Å². The van der Waals surface area contributed by atoms with Gasteiger partial charge in [-0.25, -0.2) is 22.9 Å². The molecule has 1 aliphatic rings. The van der Waals surface area contributed by atoms with Crippen molar-refractivity contribution < 1.29 is 36.2 Å². The second-order valence-electron chi connectivity index (χ2n) is 12.0. The van der Waals surface area contributed by atoms with Gasteiger partial charge in [0.2, 0.25) is 10.0 Å². The maximum atomic E-state index is 13.3. The second kappa shape index (κ2) is 15.3. The number of carboxylic acid groups (broad SMARTS) is 1. The van der Waals surface area contributed by atoms with Gasteiger partial charge in [0, 0.05) is 44.5 Å². The first kappa shape index (κ1) is 36.6. The van der Waals surface area contributed by atoms with Crippen molar-refractivity contribution in [3.8, 4) is 0 Å². The lowest BCUT2D eigenvalue weighted by Crippen LogP contribution is -2.34. The van der Waals surface area contributed by atoms with E-state index in [1.54, 1.807) is 25.3 Å². The maximum Gasteiger partial charge on any atom is 0.490 e. The lowest BCUT2D eigenvalue weighted by atomic mass is 9.94. The molecule has 48 heavy (non-hydrogen) atoms. The Morgan fingerprint density at radius 3 is 2.54 bits per heavy atom. The predicted molar refractivity (Wildman–Crippen MR) is 178 cm³/mol. The zero-order valence-corrected chi connectivity index (χ0v) is 28.3. The van der Waals surface area contributed by atoms with Gasteiger partial charge in [-0.3, -0.25) is 4.68 Å². The number of fused-ring (bicyclic) bond motifs is 2. The Labute approximate surface area is 278 Å². The van der Waals surface area contributed by atoms with Crippen LogP contribution >= 0.6 is 0 Å². The van der Waals surface area contributed by atoms with Crippen molar-refractivity contribution in [3.05, 3.63) is 77.1 Å². The molecule has 0 fully saturated rings. The molecule has 2 aromatic heterocycles. The molecule has 260 valence electrons. The van der Waals surface area contributed by atoms with Gasteiger partial charge in [0.05, 0.1) is 35.3 Å². The number of aliphatic carboxylic acids is 1. The second-order valence-corrected chi connectivity index (χ2v) is 13.7. The predicted octanol–water partition coefficient (Wildman–Crippen LogP) is 5.48. The highest BCUT2D eigenvalue weighted by Gasteiger charge is 2.38. The number of methoxy groups -OCH3 is 1. The van der Waals surface area contributed by atoms with Crippen LogP contribution in [0.1, 0.15) is 48.2 Å². The van der Waals surface area contributed by atoms with Crippen LogP contribution in [0.5, 0.6) is 0 Å². The third kappa shape index (κ3) is 9.45. The quantitative estimate of drug-likeness (QED) is 0.187. The van der Waals surface area contributed by atoms with Crippen LogP contribution in [0.3, 0.4) is 0 Å². The van der Waals surface area contributed by atoms with E-state index in [4.69, 9.17) is 24.7 Å². The molecule has 0 bridgehead atoms. The molecule has 0 radical (unpaired) electrons. The van der Waals surface area contributed by atoms with Gasteiger partial charge in [0.1, 0.15) is 5.82 Å². The number of nitrogens with one attached hydrogen (secondary N) is 2. The molecule has 2 aromatic carbocycles. The molecule has 0 saturated heterocycles. The highest BCUT2D eigenvalue weighted by molar-refractivity contribution is 7.89. The number of ether oxygens (including phenoxy) is 1. The van der Waals surface area contributed by atoms with Crippen molar-refractivity contribution in [2.45, 2.75) is 69.2 Å². The Morgan fingerprint density at radius 1 is 1.17 bits per heavy atom. The average Bonchev–Trinajstić information content (AvgIpc) is 3.44. The average molecular weight is 691 g/mol. The Hall–Kier alpha value is -4.21. The van der Waals surface area contributed by atoms with E-state index in [1.807, 2.05) is 37.8 Å². The van der Waals surface area contributed by atoms with Crippen LogP contribution in [-0.4, -0.2) is 74.3 Å². The molecule has 0 spiro atoms. The first-order chi connectivity index (χ1) is 22.6. The number of benzene rings is 2. The molecule has 0 saturated carbocycles. The molecule has 11 nitrogen and oxygen atoms in total. The highest BCUT2D eigenvalue weighted by atomic mass is 32.2. The minimum absolute atomic E-state index is 0.0838. The van der Waals surface area contributed by atoms with Crippen molar-refractivity contribution in [1.82, 2.24) is 19.5 Å². The molecular formula is C33H41F3N6O5S. The first-order valence-electron chi connectivity index (χ1n) is 15.4. The Balaban J connectivity index is 0.000000671. The number of hydrogen-bond donors (Lipinski definition) is 3. The van der Waals surface area contributed by atoms with E-state index in [0.29, 0.717) is 13.0 Å². The summed E-state index contributed by atoms with van der Waals surface area (Å²) in [6.07, 6.45) is 0.735. The summed E-state index contributed by atoms with van der Waals surface area (Å²) in [5.74, 6) is -2.01. The van der Waals surface area contributed by atoms with E-state index < -0.39 is 22.2 Å². The van der Waals surface area contributed by atoms with Crippen molar-refractivity contribution in [1.29, 1.82) is 0 Å². The zero-order valence-electron chi connectivity index (χ0n) is 27.5. The minimum Gasteiger partial charge on any atom is -0.475 e. The number of aryl methyl sites for hydroxylation is 2. The third-order valence-corrected chi connectivity index (χ3v) is 9.51. The van der Waals surface area contributed by atoms with Gasteiger partial charge in [-0.15, -0.1) is 0 Å². The molecule has 2 atom stereocenters. The van der Waals surface area contributed by atoms with E-state index in [9.17, 15) is 21.6 Å². The summed E-state index contributed by atoms with van der Waals surface area (Å²) in [5.41, 5.74) is 6.47. The number of sulfonamides is 1. The number of carbonyl (C=O) groups is 1. The van der Waals surface area contributed by atoms with E-state index in [2.05, 4.69) is 46.3 Å². The van der Waals surface area contributed by atoms with Crippen LogP contribution in [0.25, 0.3) is 10.9 Å². The third-order valence-electron chi connectivity index (χ3n) is 7.92. The molecule has 4 aromatic rings. The van der Waals surface area contributed by atoms with Gasteiger partial charge < -0.3 is 20.1 Å². The van der Waals surface area contributed by atoms with Crippen LogP contribution in [0.15, 0.2) is 59.6 Å². The van der Waals surface area contributed by atoms with Gasteiger partial charge in [-0.05, 0) is 98.7 Å². The minimum atomic E-state index is -5.08. The molecule has 2 heterocycles. The number of halogens is 3. The summed E-state index contributed by atoms with van der Waals surface area (Å²) >= 11 is 0. The number of pyridine rings is 1. The summed E-state index contributed by atoms with van der Waals surface area (Å²) in [6.45, 7) is 5.31. The maximum absolute atomic E-state index is 13.3. The van der Waals surface area contributed by atoms with Crippen LogP contribution in [0.4, 0.5) is 24.7 Å². The van der Waals surface area contributed by atoms with Gasteiger partial charge in [-0.1, -0.05) is 6.07 Å². The van der Waals surface area contributed by atoms with Gasteiger partial charge >= 0.3 is 12.1 Å². The topological polar surface area (TPSA) is 139 Å². The molecule has 1 aliphatic carbocycles. The van der Waals surface area contributed by atoms with Crippen molar-refractivity contribution in [2.24, 2.45) is 0 Å². The van der Waals surface area contributed by atoms with Crippen molar-refractivity contribution in [2.75, 3.05) is 38.0 Å². The van der Waals surface area contributed by atoms with E-state index in [-0.39, 0.29) is 17.0 Å². The summed E-state index contributed by atoms with van der Waals surface area (Å²) in [6, 6.07) is 15.0. The number of hydrogen-bond acceptors (Lipinski definition) is 8. The van der Waals surface area contributed by atoms with E-state index in [0.717, 1.165) is 65.0 Å². The molecule has 5 rings (SSSR count). The normalized spacial score (nSPS) is 15.3. The highest BCUT2D eigenvalue weighted by Crippen LogP contribution is 2.32. The fourth-order valence-electron chi connectivity index (χ4n) is 5.46. The van der Waals surface area contributed by atoms with Crippen LogP contribution in [0, 0.1) is 6.92 Å². The molecule has 0 amide bonds. The fraction of sp³-hybridized carbons (Fsp3) is 0.424. The first-order valence-corrected chi connectivity index (χ1v) is 16.9. The molecular weight excluding hydrogens is 649 g/mol. The van der Waals surface area contributed by atoms with E-state index in [1.165, 1.54) is 5.56 Å². The Bertz CT molecular complexity index is 1850. The molecule has 15 heteroatoms. The van der Waals surface area contributed by atoms with Gasteiger partial charge in [-0.2, -0.15) is 18.3 Å². The van der Waals surface area contributed by atoms with Crippen molar-refractivity contribution in [3.63, 3.8) is 0 Å². The number of alkyl halides is 3. The summed E-state index contributed by atoms with van der Waals surface area (Å²) < 4.78 is 68.2. The van der Waals surface area contributed by atoms with Gasteiger partial charge in [0.15, 0.2) is 0 Å². The van der Waals surface area contributed by atoms with Crippen molar-refractivity contribution >= 4 is 38.4 Å². The number of nitrogens with zero attached hydrogens (tertiary/aromatic N) is 4. The molecule has 3 N–H and O–H groups in total. The summed E-state index contributed by atoms with van der Waals surface area (Å²) in [4.78, 5) is 16.0. The van der Waals surface area contributed by atoms with Crippen LogP contribution < -0.4 is 14.9 Å². The standard InChI is InChI=1S/C31H40N6O3S.C2HF3O2/c1-21-17-26(36(3)4)11-9-23(21)18-22(2)35-41(38,39)27-12-13-28-24(19-27)10-14-30(32-28)33-29-8-6-7-25-20-37(15-16-40-5)34-31(25)29;3-2(4,5)1(6)7/h9-14,17,19-20,22,29,35H,6-8,15-16,18H2,1-5H3,(H,32,33);(H,6,7). The largest absolute Gasteiger partial charge is 0.490 e. The SMILES string of the molecule is COCCn1cc2c(n1)C(Nc1ccc3cc(S(=O)(=O)NC(C)Cc4ccc(N(C)C)cc4C)ccc3n1)CCC2.O=C(O)C(F)(F)F.